The Hall–Kier alpha value is -2.31. The van der Waals surface area contributed by atoms with Crippen LogP contribution in [0, 0.1) is 0 Å². The zero-order chi connectivity index (χ0) is 15.8. The number of rotatable bonds is 2. The third kappa shape index (κ3) is 2.71. The highest BCUT2D eigenvalue weighted by molar-refractivity contribution is 7.99. The van der Waals surface area contributed by atoms with Crippen LogP contribution in [-0.2, 0) is 0 Å². The Labute approximate surface area is 141 Å². The third-order valence-corrected chi connectivity index (χ3v) is 4.66. The van der Waals surface area contributed by atoms with Gasteiger partial charge in [-0.05, 0) is 54.1 Å². The first-order chi connectivity index (χ1) is 11.2. The second-order valence-corrected chi connectivity index (χ2v) is 6.39. The summed E-state index contributed by atoms with van der Waals surface area (Å²) in [6.07, 6.45) is 0. The Morgan fingerprint density at radius 2 is 1.65 bits per heavy atom. The van der Waals surface area contributed by atoms with Crippen molar-refractivity contribution in [3.8, 4) is 17.1 Å². The van der Waals surface area contributed by atoms with Gasteiger partial charge in [0.1, 0.15) is 5.75 Å². The van der Waals surface area contributed by atoms with E-state index in [9.17, 15) is 5.11 Å². The Bertz CT molecular complexity index is 887. The number of fused-ring (bicyclic) bond motifs is 1. The van der Waals surface area contributed by atoms with E-state index in [1.54, 1.807) is 28.6 Å². The highest BCUT2D eigenvalue weighted by atomic mass is 35.5. The molecule has 0 saturated heterocycles. The largest absolute Gasteiger partial charge is 0.508 e. The van der Waals surface area contributed by atoms with Gasteiger partial charge >= 0.3 is 0 Å². The van der Waals surface area contributed by atoms with Crippen LogP contribution in [0.4, 0.5) is 0 Å². The fourth-order valence-corrected chi connectivity index (χ4v) is 3.27. The average Bonchev–Trinajstić information content (AvgIpc) is 2.99. The fraction of sp³-hybridized carbons (Fsp3) is 0.0625. The maximum Gasteiger partial charge on any atom is 0.212 e. The van der Waals surface area contributed by atoms with Gasteiger partial charge in [0.15, 0.2) is 5.82 Å². The van der Waals surface area contributed by atoms with Crippen molar-refractivity contribution in [2.45, 2.75) is 5.16 Å². The molecule has 2 aromatic carbocycles. The highest BCUT2D eigenvalue weighted by Gasteiger charge is 2.20. The van der Waals surface area contributed by atoms with Crippen molar-refractivity contribution in [3.63, 3.8) is 0 Å². The molecule has 3 aromatic rings. The SMILES string of the molecule is Oc1ccc(C2=Nn3c(nnc3-c3ccc(Cl)cc3)SC2)cc1. The summed E-state index contributed by atoms with van der Waals surface area (Å²) in [6.45, 7) is 0. The molecule has 2 heterocycles. The van der Waals surface area contributed by atoms with Crippen LogP contribution in [0.1, 0.15) is 5.56 Å². The van der Waals surface area contributed by atoms with Gasteiger partial charge in [0.2, 0.25) is 5.16 Å². The summed E-state index contributed by atoms with van der Waals surface area (Å²) in [5.41, 5.74) is 2.79. The van der Waals surface area contributed by atoms with Crippen LogP contribution in [0.3, 0.4) is 0 Å². The number of nitrogens with zero attached hydrogens (tertiary/aromatic N) is 4. The minimum atomic E-state index is 0.240. The van der Waals surface area contributed by atoms with Crippen LogP contribution in [0.15, 0.2) is 58.8 Å². The molecule has 1 aliphatic rings. The topological polar surface area (TPSA) is 63.3 Å². The molecule has 0 radical (unpaired) electrons. The second kappa shape index (κ2) is 5.72. The number of benzene rings is 2. The van der Waals surface area contributed by atoms with Gasteiger partial charge in [-0.3, -0.25) is 0 Å². The summed E-state index contributed by atoms with van der Waals surface area (Å²) in [6, 6.07) is 14.5. The molecule has 1 aliphatic heterocycles. The van der Waals surface area contributed by atoms with E-state index in [0.29, 0.717) is 16.6 Å². The third-order valence-electron chi connectivity index (χ3n) is 3.47. The molecule has 1 aromatic heterocycles. The summed E-state index contributed by atoms with van der Waals surface area (Å²) in [5.74, 6) is 1.63. The van der Waals surface area contributed by atoms with Gasteiger partial charge in [-0.25, -0.2) is 0 Å². The summed E-state index contributed by atoms with van der Waals surface area (Å²) >= 11 is 7.52. The molecule has 7 heteroatoms. The molecule has 23 heavy (non-hydrogen) atoms. The van der Waals surface area contributed by atoms with Crippen molar-refractivity contribution < 1.29 is 5.11 Å². The van der Waals surface area contributed by atoms with Gasteiger partial charge in [0.25, 0.3) is 0 Å². The minimum Gasteiger partial charge on any atom is -0.508 e. The Balaban J connectivity index is 1.77. The van der Waals surface area contributed by atoms with Crippen LogP contribution in [-0.4, -0.2) is 31.4 Å². The monoisotopic (exact) mass is 342 g/mol. The summed E-state index contributed by atoms with van der Waals surface area (Å²) in [7, 11) is 0. The first-order valence-electron chi connectivity index (χ1n) is 6.92. The number of thioether (sulfide) groups is 1. The second-order valence-electron chi connectivity index (χ2n) is 5.01. The Kier molecular flexibility index (Phi) is 3.55. The predicted molar refractivity (Wildman–Crippen MR) is 91.2 cm³/mol. The highest BCUT2D eigenvalue weighted by Crippen LogP contribution is 2.29. The van der Waals surface area contributed by atoms with Crippen molar-refractivity contribution in [1.82, 2.24) is 14.9 Å². The fourth-order valence-electron chi connectivity index (χ4n) is 2.30. The first-order valence-corrected chi connectivity index (χ1v) is 8.28. The number of hydrogen-bond donors (Lipinski definition) is 1. The van der Waals surface area contributed by atoms with Crippen LogP contribution in [0.5, 0.6) is 5.75 Å². The molecule has 5 nitrogen and oxygen atoms in total. The molecule has 0 amide bonds. The molecule has 0 atom stereocenters. The van der Waals surface area contributed by atoms with Crippen LogP contribution < -0.4 is 0 Å². The molecule has 0 bridgehead atoms. The summed E-state index contributed by atoms with van der Waals surface area (Å²) < 4.78 is 1.75. The quantitative estimate of drug-likeness (QED) is 0.772. The minimum absolute atomic E-state index is 0.240. The number of phenolic OH excluding ortho intramolecular Hbond substituents is 1. The van der Waals surface area contributed by atoms with Gasteiger partial charge in [-0.15, -0.1) is 10.2 Å². The molecule has 4 rings (SSSR count). The molecular weight excluding hydrogens is 332 g/mol. The molecule has 1 N–H and O–H groups in total. The van der Waals surface area contributed by atoms with Gasteiger partial charge in [-0.1, -0.05) is 23.4 Å². The van der Waals surface area contributed by atoms with Crippen molar-refractivity contribution in [2.75, 3.05) is 5.75 Å². The van der Waals surface area contributed by atoms with Crippen LogP contribution in [0.2, 0.25) is 5.02 Å². The molecule has 0 unspecified atom stereocenters. The predicted octanol–water partition coefficient (Wildman–Crippen LogP) is 3.66. The van der Waals surface area contributed by atoms with E-state index in [1.807, 2.05) is 36.4 Å². The molecule has 114 valence electrons. The van der Waals surface area contributed by atoms with E-state index in [-0.39, 0.29) is 5.75 Å². The smallest absolute Gasteiger partial charge is 0.212 e. The van der Waals surface area contributed by atoms with Gasteiger partial charge in [0, 0.05) is 16.3 Å². The van der Waals surface area contributed by atoms with E-state index in [4.69, 9.17) is 11.6 Å². The van der Waals surface area contributed by atoms with Gasteiger partial charge < -0.3 is 5.11 Å². The summed E-state index contributed by atoms with van der Waals surface area (Å²) in [4.78, 5) is 0. The summed E-state index contributed by atoms with van der Waals surface area (Å²) in [5, 5.41) is 24.0. The zero-order valence-electron chi connectivity index (χ0n) is 11.8. The number of hydrogen-bond acceptors (Lipinski definition) is 5. The molecule has 0 aliphatic carbocycles. The van der Waals surface area contributed by atoms with Gasteiger partial charge in [0.05, 0.1) is 5.71 Å². The van der Waals surface area contributed by atoms with Crippen LogP contribution in [0.25, 0.3) is 11.4 Å². The standard InChI is InChI=1S/C16H11ClN4OS/c17-12-5-1-11(2-6-12)15-18-19-16-21(15)20-14(9-23-16)10-3-7-13(22)8-4-10/h1-8,22H,9H2. The van der Waals surface area contributed by atoms with Gasteiger partial charge in [-0.2, -0.15) is 9.78 Å². The van der Waals surface area contributed by atoms with Crippen molar-refractivity contribution >= 4 is 29.1 Å². The Morgan fingerprint density at radius 3 is 2.39 bits per heavy atom. The number of aromatic nitrogens is 3. The molecule has 0 saturated carbocycles. The maximum absolute atomic E-state index is 9.41. The van der Waals surface area contributed by atoms with E-state index in [2.05, 4.69) is 15.3 Å². The van der Waals surface area contributed by atoms with E-state index in [1.165, 1.54) is 0 Å². The first kappa shape index (κ1) is 14.3. The van der Waals surface area contributed by atoms with Crippen molar-refractivity contribution in [3.05, 3.63) is 59.1 Å². The van der Waals surface area contributed by atoms with E-state index < -0.39 is 0 Å². The lowest BCUT2D eigenvalue weighted by Gasteiger charge is -2.14. The molecule has 0 spiro atoms. The van der Waals surface area contributed by atoms with Crippen molar-refractivity contribution in [1.29, 1.82) is 0 Å². The number of phenols is 1. The lowest BCUT2D eigenvalue weighted by atomic mass is 10.1. The number of aromatic hydroxyl groups is 1. The maximum atomic E-state index is 9.41. The number of halogens is 1. The lowest BCUT2D eigenvalue weighted by Crippen LogP contribution is -2.13. The lowest BCUT2D eigenvalue weighted by molar-refractivity contribution is 0.475. The van der Waals surface area contributed by atoms with Crippen LogP contribution >= 0.6 is 23.4 Å². The zero-order valence-corrected chi connectivity index (χ0v) is 13.4. The van der Waals surface area contributed by atoms with E-state index in [0.717, 1.165) is 22.0 Å². The van der Waals surface area contributed by atoms with E-state index >= 15 is 0 Å². The normalized spacial score (nSPS) is 13.5. The van der Waals surface area contributed by atoms with Crippen molar-refractivity contribution in [2.24, 2.45) is 5.10 Å². The molecular formula is C16H11ClN4OS. The Morgan fingerprint density at radius 1 is 0.957 bits per heavy atom. The average molecular weight is 343 g/mol. The molecule has 0 fully saturated rings.